The predicted octanol–water partition coefficient (Wildman–Crippen LogP) is 4.19. The molecule has 1 aromatic heterocycles. The van der Waals surface area contributed by atoms with Gasteiger partial charge >= 0.3 is 11.9 Å². The summed E-state index contributed by atoms with van der Waals surface area (Å²) >= 11 is 0. The van der Waals surface area contributed by atoms with Crippen molar-refractivity contribution < 1.29 is 19.8 Å². The van der Waals surface area contributed by atoms with E-state index >= 15 is 0 Å². The molecule has 0 aliphatic rings. The molecule has 0 aliphatic heterocycles. The maximum absolute atomic E-state index is 11.8. The molecule has 28 heavy (non-hydrogen) atoms. The number of nitriles is 1. The Kier molecular flexibility index (Phi) is 5.01. The van der Waals surface area contributed by atoms with E-state index in [1.807, 2.05) is 13.0 Å². The lowest BCUT2D eigenvalue weighted by molar-refractivity contribution is 0.0680. The molecule has 0 fully saturated rings. The number of rotatable bonds is 5. The first-order chi connectivity index (χ1) is 13.4. The van der Waals surface area contributed by atoms with Crippen LogP contribution in [-0.4, -0.2) is 26.7 Å². The molecule has 0 saturated heterocycles. The fraction of sp³-hybridized carbons (Fsp3) is 0.136. The van der Waals surface area contributed by atoms with E-state index in [9.17, 15) is 20.0 Å². The number of carboxylic acid groups (broad SMARTS) is 2. The Morgan fingerprint density at radius 3 is 2.18 bits per heavy atom. The fourth-order valence-corrected chi connectivity index (χ4v) is 3.46. The van der Waals surface area contributed by atoms with E-state index in [4.69, 9.17) is 5.11 Å². The molecule has 2 N–H and O–H groups in total. The van der Waals surface area contributed by atoms with Crippen molar-refractivity contribution in [2.24, 2.45) is 7.05 Å². The molecule has 1 heterocycles. The molecule has 0 radical (unpaired) electrons. The van der Waals surface area contributed by atoms with Gasteiger partial charge < -0.3 is 14.8 Å². The SMILES string of the molecule is CCc1c(C#N)c(-c2ccc(-c3cccc(C(=O)O)c3)cc2)c(C(=O)O)n1C. The molecule has 140 valence electrons. The van der Waals surface area contributed by atoms with Crippen LogP contribution in [0, 0.1) is 11.3 Å². The Morgan fingerprint density at radius 2 is 1.64 bits per heavy atom. The van der Waals surface area contributed by atoms with Crippen molar-refractivity contribution in [3.8, 4) is 28.3 Å². The van der Waals surface area contributed by atoms with Crippen LogP contribution in [0.1, 0.15) is 39.0 Å². The third kappa shape index (κ3) is 3.14. The lowest BCUT2D eigenvalue weighted by atomic mass is 9.96. The largest absolute Gasteiger partial charge is 0.478 e. The Hall–Kier alpha value is -3.85. The standard InChI is InChI=1S/C22H18N2O4/c1-3-18-17(12-23)19(20(22(27)28)24(18)2)14-9-7-13(8-10-14)15-5-4-6-16(11-15)21(25)26/h4-11H,3H2,1-2H3,(H,25,26)(H,27,28). The highest BCUT2D eigenvalue weighted by Crippen LogP contribution is 2.34. The van der Waals surface area contributed by atoms with Crippen molar-refractivity contribution in [2.75, 3.05) is 0 Å². The second-order valence-corrected chi connectivity index (χ2v) is 6.34. The van der Waals surface area contributed by atoms with Crippen LogP contribution in [0.5, 0.6) is 0 Å². The molecular weight excluding hydrogens is 356 g/mol. The van der Waals surface area contributed by atoms with Gasteiger partial charge in [0, 0.05) is 18.3 Å². The van der Waals surface area contributed by atoms with Crippen LogP contribution in [0.15, 0.2) is 48.5 Å². The van der Waals surface area contributed by atoms with Gasteiger partial charge in [-0.1, -0.05) is 43.3 Å². The van der Waals surface area contributed by atoms with Crippen molar-refractivity contribution in [2.45, 2.75) is 13.3 Å². The molecule has 3 rings (SSSR count). The Bertz CT molecular complexity index is 1120. The molecule has 0 amide bonds. The van der Waals surface area contributed by atoms with Crippen molar-refractivity contribution in [3.63, 3.8) is 0 Å². The van der Waals surface area contributed by atoms with Crippen molar-refractivity contribution in [3.05, 3.63) is 71.0 Å². The van der Waals surface area contributed by atoms with Gasteiger partial charge in [0.25, 0.3) is 0 Å². The lowest BCUT2D eigenvalue weighted by Crippen LogP contribution is -2.07. The summed E-state index contributed by atoms with van der Waals surface area (Å²) in [5.74, 6) is -2.09. The third-order valence-corrected chi connectivity index (χ3v) is 4.78. The zero-order valence-corrected chi connectivity index (χ0v) is 15.4. The number of aromatic carboxylic acids is 2. The third-order valence-electron chi connectivity index (χ3n) is 4.78. The van der Waals surface area contributed by atoms with Gasteiger partial charge in [-0.2, -0.15) is 5.26 Å². The van der Waals surface area contributed by atoms with Crippen LogP contribution in [0.25, 0.3) is 22.3 Å². The molecule has 6 heteroatoms. The van der Waals surface area contributed by atoms with Crippen LogP contribution >= 0.6 is 0 Å². The van der Waals surface area contributed by atoms with Gasteiger partial charge in [-0.3, -0.25) is 0 Å². The van der Waals surface area contributed by atoms with Gasteiger partial charge in [-0.15, -0.1) is 0 Å². The summed E-state index contributed by atoms with van der Waals surface area (Å²) in [6.07, 6.45) is 0.541. The number of benzene rings is 2. The Morgan fingerprint density at radius 1 is 1.00 bits per heavy atom. The lowest BCUT2D eigenvalue weighted by Gasteiger charge is -2.07. The Labute approximate surface area is 161 Å². The van der Waals surface area contributed by atoms with Gasteiger partial charge in [0.05, 0.1) is 11.1 Å². The summed E-state index contributed by atoms with van der Waals surface area (Å²) in [4.78, 5) is 23.0. The number of carbonyl (C=O) groups is 2. The molecule has 0 aliphatic carbocycles. The van der Waals surface area contributed by atoms with E-state index in [2.05, 4.69) is 6.07 Å². The first-order valence-electron chi connectivity index (χ1n) is 8.68. The summed E-state index contributed by atoms with van der Waals surface area (Å²) in [6.45, 7) is 1.88. The van der Waals surface area contributed by atoms with Crippen molar-refractivity contribution in [1.29, 1.82) is 5.26 Å². The van der Waals surface area contributed by atoms with Gasteiger partial charge in [-0.05, 0) is 35.2 Å². The predicted molar refractivity (Wildman–Crippen MR) is 104 cm³/mol. The van der Waals surface area contributed by atoms with Gasteiger partial charge in [0.2, 0.25) is 0 Å². The van der Waals surface area contributed by atoms with Crippen LogP contribution in [0.3, 0.4) is 0 Å². The molecule has 0 bridgehead atoms. The number of aromatic nitrogens is 1. The van der Waals surface area contributed by atoms with E-state index in [0.717, 1.165) is 11.1 Å². The van der Waals surface area contributed by atoms with Crippen LogP contribution in [-0.2, 0) is 13.5 Å². The number of hydrogen-bond acceptors (Lipinski definition) is 3. The number of hydrogen-bond donors (Lipinski definition) is 2. The fourth-order valence-electron chi connectivity index (χ4n) is 3.46. The molecule has 0 unspecified atom stereocenters. The molecule has 2 aromatic carbocycles. The number of carboxylic acids is 2. The number of nitrogens with zero attached hydrogens (tertiary/aromatic N) is 2. The maximum Gasteiger partial charge on any atom is 0.353 e. The van der Waals surface area contributed by atoms with E-state index < -0.39 is 11.9 Å². The highest BCUT2D eigenvalue weighted by molar-refractivity contribution is 5.97. The van der Waals surface area contributed by atoms with Gasteiger partial charge in [0.1, 0.15) is 11.8 Å². The first kappa shape index (κ1) is 18.9. The van der Waals surface area contributed by atoms with Crippen LogP contribution < -0.4 is 0 Å². The smallest absolute Gasteiger partial charge is 0.353 e. The van der Waals surface area contributed by atoms with Gasteiger partial charge in [0.15, 0.2) is 0 Å². The molecule has 3 aromatic rings. The van der Waals surface area contributed by atoms with Crippen molar-refractivity contribution in [1.82, 2.24) is 4.57 Å². The minimum absolute atomic E-state index is 0.0778. The zero-order valence-electron chi connectivity index (χ0n) is 15.4. The molecule has 6 nitrogen and oxygen atoms in total. The van der Waals surface area contributed by atoms with E-state index in [1.54, 1.807) is 48.0 Å². The first-order valence-corrected chi connectivity index (χ1v) is 8.68. The topological polar surface area (TPSA) is 103 Å². The van der Waals surface area contributed by atoms with E-state index in [1.165, 1.54) is 6.07 Å². The van der Waals surface area contributed by atoms with E-state index in [-0.39, 0.29) is 11.3 Å². The molecular formula is C22H18N2O4. The summed E-state index contributed by atoms with van der Waals surface area (Å²) in [7, 11) is 1.65. The van der Waals surface area contributed by atoms with Crippen LogP contribution in [0.2, 0.25) is 0 Å². The monoisotopic (exact) mass is 374 g/mol. The molecule has 0 atom stereocenters. The van der Waals surface area contributed by atoms with Gasteiger partial charge in [-0.25, -0.2) is 9.59 Å². The summed E-state index contributed by atoms with van der Waals surface area (Å²) in [5, 5.41) is 28.4. The highest BCUT2D eigenvalue weighted by Gasteiger charge is 2.25. The second kappa shape index (κ2) is 7.41. The average molecular weight is 374 g/mol. The summed E-state index contributed by atoms with van der Waals surface area (Å²) in [5.41, 5.74) is 3.88. The average Bonchev–Trinajstić information content (AvgIpc) is 2.99. The normalized spacial score (nSPS) is 10.5. The molecule has 0 saturated carbocycles. The maximum atomic E-state index is 11.8. The van der Waals surface area contributed by atoms with E-state index in [0.29, 0.717) is 28.8 Å². The second-order valence-electron chi connectivity index (χ2n) is 6.34. The Balaban J connectivity index is 2.13. The zero-order chi connectivity index (χ0) is 20.4. The summed E-state index contributed by atoms with van der Waals surface area (Å²) in [6, 6.07) is 15.8. The van der Waals surface area contributed by atoms with Crippen LogP contribution in [0.4, 0.5) is 0 Å². The molecule has 0 spiro atoms. The quantitative estimate of drug-likeness (QED) is 0.697. The highest BCUT2D eigenvalue weighted by atomic mass is 16.4. The van der Waals surface area contributed by atoms with Crippen molar-refractivity contribution >= 4 is 11.9 Å². The summed E-state index contributed by atoms with van der Waals surface area (Å²) < 4.78 is 1.56. The minimum Gasteiger partial charge on any atom is -0.478 e. The minimum atomic E-state index is -1.09.